The molecule has 1 rings (SSSR count). The number of benzene rings is 1. The Balaban J connectivity index is 2.73. The third kappa shape index (κ3) is 4.78. The smallest absolute Gasteiger partial charge is 0.455 e. The number of carbonyl (C=O) groups is 1. The summed E-state index contributed by atoms with van der Waals surface area (Å²) in [5.41, 5.74) is 0.390. The molecule has 0 bridgehead atoms. The van der Waals surface area contributed by atoms with Crippen molar-refractivity contribution in [2.45, 2.75) is 19.1 Å². The molecule has 0 saturated heterocycles. The second kappa shape index (κ2) is 8.73. The topological polar surface area (TPSA) is 54.0 Å². The molecule has 0 N–H and O–H groups in total. The van der Waals surface area contributed by atoms with Gasteiger partial charge in [0.25, 0.3) is 0 Å². The Morgan fingerprint density at radius 3 is 2.19 bits per heavy atom. The van der Waals surface area contributed by atoms with Crippen LogP contribution < -0.4 is 0 Å². The van der Waals surface area contributed by atoms with Crippen LogP contribution in [0.25, 0.3) is 6.08 Å². The molecule has 1 aromatic rings. The van der Waals surface area contributed by atoms with Crippen LogP contribution in [0.3, 0.4) is 0 Å². The van der Waals surface area contributed by atoms with Crippen LogP contribution in [0.4, 0.5) is 0 Å². The molecule has 0 saturated carbocycles. The van der Waals surface area contributed by atoms with E-state index in [1.165, 1.54) is 27.4 Å². The summed E-state index contributed by atoms with van der Waals surface area (Å²) in [6, 6.07) is 9.52. The molecule has 116 valence electrons. The Morgan fingerprint density at radius 1 is 1.14 bits per heavy atom. The number of rotatable bonds is 8. The zero-order chi connectivity index (χ0) is 15.7. The van der Waals surface area contributed by atoms with Crippen LogP contribution in [0.15, 0.2) is 36.4 Å². The highest BCUT2D eigenvalue weighted by Crippen LogP contribution is 2.18. The first-order chi connectivity index (χ1) is 10.1. The first-order valence-electron chi connectivity index (χ1n) is 6.71. The molecule has 21 heavy (non-hydrogen) atoms. The molecule has 0 aliphatic heterocycles. The van der Waals surface area contributed by atoms with Crippen LogP contribution in [0.5, 0.6) is 0 Å². The van der Waals surface area contributed by atoms with Crippen molar-refractivity contribution in [1.82, 2.24) is 0 Å². The fraction of sp³-hybridized carbons (Fsp3) is 0.400. The molecule has 0 amide bonds. The predicted molar refractivity (Wildman–Crippen MR) is 82.4 cm³/mol. The molecule has 0 heterocycles. The number of carbonyl (C=O) groups excluding carboxylic acids is 1. The van der Waals surface area contributed by atoms with E-state index in [2.05, 4.69) is 0 Å². The van der Waals surface area contributed by atoms with Gasteiger partial charge >= 0.3 is 14.8 Å². The van der Waals surface area contributed by atoms with E-state index >= 15 is 0 Å². The van der Waals surface area contributed by atoms with Crippen molar-refractivity contribution in [1.29, 1.82) is 0 Å². The monoisotopic (exact) mass is 310 g/mol. The first-order valence-corrected chi connectivity index (χ1v) is 8.51. The summed E-state index contributed by atoms with van der Waals surface area (Å²) in [5.74, 6) is -0.450. The van der Waals surface area contributed by atoms with E-state index in [9.17, 15) is 4.79 Å². The zero-order valence-corrected chi connectivity index (χ0v) is 13.9. The van der Waals surface area contributed by atoms with Gasteiger partial charge in [-0.25, -0.2) is 4.79 Å². The lowest BCUT2D eigenvalue weighted by Crippen LogP contribution is -2.55. The van der Waals surface area contributed by atoms with Crippen molar-refractivity contribution in [2.24, 2.45) is 0 Å². The lowest BCUT2D eigenvalue weighted by molar-refractivity contribution is -0.142. The molecule has 5 nitrogen and oxygen atoms in total. The van der Waals surface area contributed by atoms with Gasteiger partial charge in [-0.05, 0) is 18.1 Å². The van der Waals surface area contributed by atoms with Gasteiger partial charge in [-0.1, -0.05) is 37.3 Å². The van der Waals surface area contributed by atoms with Crippen LogP contribution in [0, 0.1) is 0 Å². The molecule has 0 spiro atoms. The van der Waals surface area contributed by atoms with Gasteiger partial charge < -0.3 is 18.0 Å². The van der Waals surface area contributed by atoms with Crippen molar-refractivity contribution in [3.8, 4) is 0 Å². The highest BCUT2D eigenvalue weighted by molar-refractivity contribution is 6.62. The third-order valence-corrected chi connectivity index (χ3v) is 6.11. The molecule has 1 unspecified atom stereocenters. The van der Waals surface area contributed by atoms with Gasteiger partial charge in [0.15, 0.2) is 5.73 Å². The maximum atomic E-state index is 11.9. The molecule has 0 radical (unpaired) electrons. The molecule has 0 aromatic heterocycles. The van der Waals surface area contributed by atoms with Crippen molar-refractivity contribution in [2.75, 3.05) is 21.3 Å². The Kier molecular flexibility index (Phi) is 7.31. The largest absolute Gasteiger partial charge is 0.543 e. The third-order valence-electron chi connectivity index (χ3n) is 3.09. The fourth-order valence-electron chi connectivity index (χ4n) is 1.96. The van der Waals surface area contributed by atoms with E-state index in [0.29, 0.717) is 6.42 Å². The SMILES string of the molecule is CCC(OC(=O)C=Cc1ccccc1)[Si](OC)(OC)OC. The molecule has 1 atom stereocenters. The van der Waals surface area contributed by atoms with Gasteiger partial charge in [0, 0.05) is 27.4 Å². The van der Waals surface area contributed by atoms with E-state index in [0.717, 1.165) is 5.56 Å². The second-order valence-electron chi connectivity index (χ2n) is 4.29. The molecular formula is C15H22O5Si. The van der Waals surface area contributed by atoms with Crippen LogP contribution in [-0.2, 0) is 22.8 Å². The zero-order valence-electron chi connectivity index (χ0n) is 12.9. The summed E-state index contributed by atoms with van der Waals surface area (Å²) in [4.78, 5) is 11.9. The van der Waals surface area contributed by atoms with Crippen LogP contribution >= 0.6 is 0 Å². The minimum atomic E-state index is -2.99. The van der Waals surface area contributed by atoms with Crippen molar-refractivity contribution >= 4 is 20.8 Å². The number of esters is 1. The quantitative estimate of drug-likeness (QED) is 0.419. The van der Waals surface area contributed by atoms with Gasteiger partial charge in [-0.3, -0.25) is 0 Å². The summed E-state index contributed by atoms with van der Waals surface area (Å²) >= 11 is 0. The lowest BCUT2D eigenvalue weighted by atomic mass is 10.2. The van der Waals surface area contributed by atoms with E-state index < -0.39 is 20.5 Å². The minimum Gasteiger partial charge on any atom is -0.455 e. The van der Waals surface area contributed by atoms with Gasteiger partial charge in [-0.15, -0.1) is 0 Å². The molecule has 1 aromatic carbocycles. The Hall–Kier alpha value is -1.47. The summed E-state index contributed by atoms with van der Waals surface area (Å²) in [7, 11) is 1.49. The standard InChI is InChI=1S/C15H22O5Si/c1-5-15(21(17-2,18-3)19-4)20-14(16)12-11-13-9-7-6-8-10-13/h6-12,15H,5H2,1-4H3. The Bertz CT molecular complexity index is 448. The lowest BCUT2D eigenvalue weighted by Gasteiger charge is -2.30. The van der Waals surface area contributed by atoms with Crippen molar-refractivity contribution in [3.63, 3.8) is 0 Å². The molecule has 0 aliphatic rings. The predicted octanol–water partition coefficient (Wildman–Crippen LogP) is 2.44. The molecular weight excluding hydrogens is 288 g/mol. The van der Waals surface area contributed by atoms with Gasteiger partial charge in [-0.2, -0.15) is 0 Å². The number of hydrogen-bond acceptors (Lipinski definition) is 5. The minimum absolute atomic E-state index is 0.450. The number of ether oxygens (including phenoxy) is 1. The van der Waals surface area contributed by atoms with Crippen LogP contribution in [-0.4, -0.2) is 41.8 Å². The first kappa shape index (κ1) is 17.6. The van der Waals surface area contributed by atoms with E-state index in [-0.39, 0.29) is 0 Å². The molecule has 0 fully saturated rings. The van der Waals surface area contributed by atoms with E-state index in [1.807, 2.05) is 37.3 Å². The van der Waals surface area contributed by atoms with Crippen LogP contribution in [0.1, 0.15) is 18.9 Å². The summed E-state index contributed by atoms with van der Waals surface area (Å²) < 4.78 is 21.5. The van der Waals surface area contributed by atoms with Crippen LogP contribution in [0.2, 0.25) is 0 Å². The van der Waals surface area contributed by atoms with Gasteiger partial charge in [0.05, 0.1) is 0 Å². The highest BCUT2D eigenvalue weighted by Gasteiger charge is 2.49. The molecule has 6 heteroatoms. The van der Waals surface area contributed by atoms with Gasteiger partial charge in [0.2, 0.25) is 0 Å². The average molecular weight is 310 g/mol. The summed E-state index contributed by atoms with van der Waals surface area (Å²) in [6.45, 7) is 1.89. The molecule has 0 aliphatic carbocycles. The highest BCUT2D eigenvalue weighted by atomic mass is 28.4. The van der Waals surface area contributed by atoms with E-state index in [1.54, 1.807) is 6.08 Å². The van der Waals surface area contributed by atoms with E-state index in [4.69, 9.17) is 18.0 Å². The normalized spacial score (nSPS) is 13.3. The van der Waals surface area contributed by atoms with Crippen molar-refractivity contribution in [3.05, 3.63) is 42.0 Å². The number of hydrogen-bond donors (Lipinski definition) is 0. The Morgan fingerprint density at radius 2 is 1.71 bits per heavy atom. The average Bonchev–Trinajstić information content (AvgIpc) is 2.54. The maximum Gasteiger partial charge on any atom is 0.543 e. The van der Waals surface area contributed by atoms with Gasteiger partial charge in [0.1, 0.15) is 0 Å². The Labute approximate surface area is 126 Å². The fourth-order valence-corrected chi connectivity index (χ4v) is 4.01. The second-order valence-corrected chi connectivity index (χ2v) is 7.37. The summed E-state index contributed by atoms with van der Waals surface area (Å²) in [5, 5.41) is 0. The van der Waals surface area contributed by atoms with Crippen molar-refractivity contribution < 1.29 is 22.8 Å². The summed E-state index contributed by atoms with van der Waals surface area (Å²) in [6.07, 6.45) is 3.63. The maximum absolute atomic E-state index is 11.9.